The maximum Gasteiger partial charge on any atom is 0.416 e. The molecule has 0 unspecified atom stereocenters. The molecule has 0 spiro atoms. The molecule has 5 nitrogen and oxygen atoms in total. The zero-order valence-electron chi connectivity index (χ0n) is 14.4. The highest BCUT2D eigenvalue weighted by atomic mass is 19.4. The summed E-state index contributed by atoms with van der Waals surface area (Å²) >= 11 is 0. The van der Waals surface area contributed by atoms with Gasteiger partial charge in [0.25, 0.3) is 5.91 Å². The summed E-state index contributed by atoms with van der Waals surface area (Å²) in [5, 5.41) is 11.7. The monoisotopic (exact) mass is 381 g/mol. The fraction of sp³-hybridized carbons (Fsp3) is 0.263. The van der Waals surface area contributed by atoms with Gasteiger partial charge in [-0.3, -0.25) is 4.79 Å². The molecule has 0 heterocycles. The molecule has 27 heavy (non-hydrogen) atoms. The van der Waals surface area contributed by atoms with Crippen LogP contribution in [0.25, 0.3) is 0 Å². The van der Waals surface area contributed by atoms with Gasteiger partial charge in [0, 0.05) is 13.5 Å². The molecular formula is C19H18F3NO4. The number of halogens is 3. The Kier molecular flexibility index (Phi) is 6.57. The number of nitrogens with one attached hydrogen (secondary N) is 1. The van der Waals surface area contributed by atoms with Crippen LogP contribution in [0.15, 0.2) is 54.6 Å². The number of alkyl halides is 3. The van der Waals surface area contributed by atoms with E-state index in [0.717, 1.165) is 12.1 Å². The van der Waals surface area contributed by atoms with Crippen LogP contribution in [-0.2, 0) is 26.9 Å². The van der Waals surface area contributed by atoms with E-state index in [1.54, 1.807) is 30.3 Å². The quantitative estimate of drug-likeness (QED) is 0.772. The second-order valence-corrected chi connectivity index (χ2v) is 5.82. The average Bonchev–Trinajstić information content (AvgIpc) is 2.62. The van der Waals surface area contributed by atoms with Crippen molar-refractivity contribution in [2.24, 2.45) is 0 Å². The van der Waals surface area contributed by atoms with Crippen molar-refractivity contribution < 1.29 is 32.6 Å². The first kappa shape index (κ1) is 20.4. The Hall–Kier alpha value is -2.87. The summed E-state index contributed by atoms with van der Waals surface area (Å²) in [4.78, 5) is 23.9. The third kappa shape index (κ3) is 5.55. The van der Waals surface area contributed by atoms with Crippen LogP contribution in [0.5, 0.6) is 0 Å². The molecule has 0 radical (unpaired) electrons. The van der Waals surface area contributed by atoms with E-state index in [1.807, 2.05) is 0 Å². The molecular weight excluding hydrogens is 363 g/mol. The number of rotatable bonds is 7. The topological polar surface area (TPSA) is 75.6 Å². The molecule has 8 heteroatoms. The molecule has 0 saturated heterocycles. The lowest BCUT2D eigenvalue weighted by Gasteiger charge is -2.20. The first-order valence-electron chi connectivity index (χ1n) is 7.99. The van der Waals surface area contributed by atoms with E-state index in [-0.39, 0.29) is 6.42 Å². The van der Waals surface area contributed by atoms with Crippen LogP contribution in [0.3, 0.4) is 0 Å². The number of ether oxygens (including phenoxy) is 1. The van der Waals surface area contributed by atoms with E-state index in [2.05, 4.69) is 5.32 Å². The smallest absolute Gasteiger partial charge is 0.416 e. The first-order valence-corrected chi connectivity index (χ1v) is 7.99. The molecule has 144 valence electrons. The summed E-state index contributed by atoms with van der Waals surface area (Å²) in [5.41, 5.74) is 0.0752. The van der Waals surface area contributed by atoms with E-state index in [4.69, 9.17) is 4.74 Å². The molecule has 2 atom stereocenters. The van der Waals surface area contributed by atoms with Crippen LogP contribution in [0.1, 0.15) is 22.8 Å². The molecule has 0 aliphatic carbocycles. The number of hydrogen-bond acceptors (Lipinski definition) is 3. The van der Waals surface area contributed by atoms with Gasteiger partial charge in [-0.05, 0) is 23.3 Å². The number of methoxy groups -OCH3 is 1. The number of hydrogen-bond donors (Lipinski definition) is 2. The Bertz CT molecular complexity index is 776. The Morgan fingerprint density at radius 2 is 1.67 bits per heavy atom. The van der Waals surface area contributed by atoms with Gasteiger partial charge in [-0.2, -0.15) is 13.2 Å². The number of aliphatic carboxylic acids is 1. The molecule has 0 aliphatic rings. The van der Waals surface area contributed by atoms with Gasteiger partial charge >= 0.3 is 12.1 Å². The second kappa shape index (κ2) is 8.68. The molecule has 1 amide bonds. The molecule has 0 fully saturated rings. The SMILES string of the molecule is CO[C@H](C(=O)N[C@H](Cc1ccc(C(F)(F)F)cc1)C(=O)O)c1ccccc1. The van der Waals surface area contributed by atoms with Gasteiger partial charge in [0.2, 0.25) is 0 Å². The Morgan fingerprint density at radius 1 is 1.07 bits per heavy atom. The molecule has 2 N–H and O–H groups in total. The zero-order valence-corrected chi connectivity index (χ0v) is 14.4. The van der Waals surface area contributed by atoms with Crippen LogP contribution in [0, 0.1) is 0 Å². The van der Waals surface area contributed by atoms with Gasteiger partial charge in [0.05, 0.1) is 5.56 Å². The summed E-state index contributed by atoms with van der Waals surface area (Å²) in [6.45, 7) is 0. The van der Waals surface area contributed by atoms with Crippen LogP contribution >= 0.6 is 0 Å². The summed E-state index contributed by atoms with van der Waals surface area (Å²) in [5.74, 6) is -1.95. The van der Waals surface area contributed by atoms with Gasteiger partial charge in [0.1, 0.15) is 6.04 Å². The minimum atomic E-state index is -4.47. The number of carboxylic acid groups (broad SMARTS) is 1. The number of carbonyl (C=O) groups is 2. The fourth-order valence-corrected chi connectivity index (χ4v) is 2.54. The van der Waals surface area contributed by atoms with Gasteiger partial charge in [-0.15, -0.1) is 0 Å². The fourth-order valence-electron chi connectivity index (χ4n) is 2.54. The number of carboxylic acids is 1. The lowest BCUT2D eigenvalue weighted by Crippen LogP contribution is -2.44. The van der Waals surface area contributed by atoms with E-state index in [1.165, 1.54) is 19.2 Å². The predicted molar refractivity (Wildman–Crippen MR) is 90.9 cm³/mol. The third-order valence-electron chi connectivity index (χ3n) is 3.91. The van der Waals surface area contributed by atoms with Crippen molar-refractivity contribution in [3.05, 3.63) is 71.3 Å². The summed E-state index contributed by atoms with van der Waals surface area (Å²) in [6.07, 6.45) is -5.63. The standard InChI is InChI=1S/C19H18F3NO4/c1-27-16(13-5-3-2-4-6-13)17(24)23-15(18(25)26)11-12-7-9-14(10-8-12)19(20,21)22/h2-10,15-16H,11H2,1H3,(H,23,24)(H,25,26)/t15-,16+/m1/s1. The van der Waals surface area contributed by atoms with Gasteiger partial charge in [-0.1, -0.05) is 42.5 Å². The lowest BCUT2D eigenvalue weighted by atomic mass is 10.0. The molecule has 2 aromatic rings. The molecule has 0 aliphatic heterocycles. The minimum absolute atomic E-state index is 0.162. The van der Waals surface area contributed by atoms with Crippen molar-refractivity contribution in [3.63, 3.8) is 0 Å². The van der Waals surface area contributed by atoms with Crippen molar-refractivity contribution >= 4 is 11.9 Å². The highest BCUT2D eigenvalue weighted by molar-refractivity contribution is 5.87. The second-order valence-electron chi connectivity index (χ2n) is 5.82. The average molecular weight is 381 g/mol. The van der Waals surface area contributed by atoms with Crippen LogP contribution < -0.4 is 5.32 Å². The van der Waals surface area contributed by atoms with Crippen LogP contribution in [0.2, 0.25) is 0 Å². The number of carbonyl (C=O) groups excluding carboxylic acids is 1. The maximum absolute atomic E-state index is 12.6. The summed E-state index contributed by atoms with van der Waals surface area (Å²) in [6, 6.07) is 11.3. The minimum Gasteiger partial charge on any atom is -0.480 e. The Labute approximate surface area is 153 Å². The van der Waals surface area contributed by atoms with E-state index < -0.39 is 35.8 Å². The van der Waals surface area contributed by atoms with Crippen molar-refractivity contribution in [1.82, 2.24) is 5.32 Å². The highest BCUT2D eigenvalue weighted by Gasteiger charge is 2.30. The normalized spacial score (nSPS) is 13.6. The maximum atomic E-state index is 12.6. The molecule has 2 rings (SSSR count). The van der Waals surface area contributed by atoms with Gasteiger partial charge in [0.15, 0.2) is 6.10 Å². The number of benzene rings is 2. The van der Waals surface area contributed by atoms with Crippen LogP contribution in [-0.4, -0.2) is 30.1 Å². The third-order valence-corrected chi connectivity index (χ3v) is 3.91. The van der Waals surface area contributed by atoms with Crippen molar-refractivity contribution in [3.8, 4) is 0 Å². The highest BCUT2D eigenvalue weighted by Crippen LogP contribution is 2.29. The Morgan fingerprint density at radius 3 is 2.15 bits per heavy atom. The lowest BCUT2D eigenvalue weighted by molar-refractivity contribution is -0.144. The van der Waals surface area contributed by atoms with Crippen molar-refractivity contribution in [2.75, 3.05) is 7.11 Å². The van der Waals surface area contributed by atoms with Gasteiger partial charge < -0.3 is 15.2 Å². The molecule has 0 saturated carbocycles. The van der Waals surface area contributed by atoms with Gasteiger partial charge in [-0.25, -0.2) is 4.79 Å². The van der Waals surface area contributed by atoms with E-state index in [9.17, 15) is 27.9 Å². The molecule has 2 aromatic carbocycles. The van der Waals surface area contributed by atoms with E-state index in [0.29, 0.717) is 11.1 Å². The first-order chi connectivity index (χ1) is 12.7. The predicted octanol–water partition coefficient (Wildman–Crippen LogP) is 3.21. The van der Waals surface area contributed by atoms with E-state index >= 15 is 0 Å². The summed E-state index contributed by atoms with van der Waals surface area (Å²) < 4.78 is 43.0. The molecule has 0 bridgehead atoms. The Balaban J connectivity index is 2.11. The molecule has 0 aromatic heterocycles. The van der Waals surface area contributed by atoms with Crippen molar-refractivity contribution in [2.45, 2.75) is 24.7 Å². The largest absolute Gasteiger partial charge is 0.480 e. The number of amides is 1. The zero-order chi connectivity index (χ0) is 20.0. The van der Waals surface area contributed by atoms with Crippen molar-refractivity contribution in [1.29, 1.82) is 0 Å². The van der Waals surface area contributed by atoms with Crippen LogP contribution in [0.4, 0.5) is 13.2 Å². The summed E-state index contributed by atoms with van der Waals surface area (Å²) in [7, 11) is 1.32.